The number of nitrogens with zero attached hydrogens (tertiary/aromatic N) is 1. The number of rotatable bonds is 5. The number of carbonyl (C=O) groups excluding carboxylic acids is 4. The Hall–Kier alpha value is -2.87. The van der Waals surface area contributed by atoms with Crippen LogP contribution in [0.5, 0.6) is 5.75 Å². The van der Waals surface area contributed by atoms with Crippen molar-refractivity contribution in [1.29, 1.82) is 0 Å². The first-order valence-corrected chi connectivity index (χ1v) is 14.6. The van der Waals surface area contributed by atoms with Gasteiger partial charge in [0.15, 0.2) is 23.0 Å². The number of aliphatic hydroxyl groups is 2. The Morgan fingerprint density at radius 2 is 1.79 bits per heavy atom. The molecule has 4 aliphatic carbocycles. The van der Waals surface area contributed by atoms with Crippen molar-refractivity contribution in [3.8, 4) is 5.75 Å². The van der Waals surface area contributed by atoms with Gasteiger partial charge < -0.3 is 26.4 Å². The van der Waals surface area contributed by atoms with Gasteiger partial charge in [-0.05, 0) is 69.8 Å². The fourth-order valence-electron chi connectivity index (χ4n) is 8.25. The minimum atomic E-state index is -4.90. The van der Waals surface area contributed by atoms with Gasteiger partial charge in [-0.15, -0.1) is 0 Å². The van der Waals surface area contributed by atoms with Gasteiger partial charge >= 0.3 is 6.18 Å². The predicted octanol–water partition coefficient (Wildman–Crippen LogP) is 1.49. The van der Waals surface area contributed by atoms with Crippen LogP contribution in [0.4, 0.5) is 13.2 Å². The maximum Gasteiger partial charge on any atom is 0.417 e. The van der Waals surface area contributed by atoms with Crippen LogP contribution in [0.3, 0.4) is 0 Å². The van der Waals surface area contributed by atoms with Gasteiger partial charge in [0.1, 0.15) is 17.8 Å². The number of benzene rings is 1. The lowest BCUT2D eigenvalue weighted by molar-refractivity contribution is -0.203. The SMILES string of the molecule is CN(C)C1C(=O)C(C(N)=O)C(O)C2(O)C(=O)C3C(=O)c4c(O)cc(CNC5(C)CCCCC5)c(C(F)(F)F)c4CC3CC12. The number of phenols is 1. The third kappa shape index (κ3) is 4.88. The summed E-state index contributed by atoms with van der Waals surface area (Å²) in [5.41, 5.74) is -0.124. The van der Waals surface area contributed by atoms with E-state index in [1.807, 2.05) is 6.92 Å². The van der Waals surface area contributed by atoms with Crippen molar-refractivity contribution in [2.45, 2.75) is 87.9 Å². The fraction of sp³-hybridized carbons (Fsp3) is 0.667. The number of carbonyl (C=O) groups is 4. The number of phenolic OH excluding ortho intramolecular Hbond substituents is 1. The predicted molar refractivity (Wildman–Crippen MR) is 146 cm³/mol. The molecule has 4 aliphatic rings. The summed E-state index contributed by atoms with van der Waals surface area (Å²) in [6, 6.07) is -0.377. The summed E-state index contributed by atoms with van der Waals surface area (Å²) in [5.74, 6) is -11.1. The molecule has 0 radical (unpaired) electrons. The zero-order chi connectivity index (χ0) is 31.8. The standard InChI is InChI=1S/C30H38F3N3O7/c1-28(7-5-4-6-8-28)35-12-14-11-17(37)19-15(21(14)30(31,32)33)9-13-10-16-22(36(2)3)24(39)20(27(34)42)26(41)29(16,43)25(40)18(13)23(19)38/h11,13,16,18,20,22,26,35,37,41,43H,4-10,12H2,1-3H3,(H2,34,42). The van der Waals surface area contributed by atoms with Gasteiger partial charge in [0, 0.05) is 18.0 Å². The van der Waals surface area contributed by atoms with Crippen LogP contribution in [0.25, 0.3) is 0 Å². The first kappa shape index (κ1) is 31.6. The third-order valence-corrected chi connectivity index (χ3v) is 10.3. The van der Waals surface area contributed by atoms with Gasteiger partial charge in [-0.25, -0.2) is 0 Å². The lowest BCUT2D eigenvalue weighted by Gasteiger charge is -2.55. The average molecular weight is 610 g/mol. The number of aliphatic hydroxyl groups excluding tert-OH is 1. The van der Waals surface area contributed by atoms with Gasteiger partial charge in [0.05, 0.1) is 23.1 Å². The lowest BCUT2D eigenvalue weighted by atomic mass is 9.51. The maximum atomic E-state index is 14.7. The minimum Gasteiger partial charge on any atom is -0.507 e. The molecular weight excluding hydrogens is 571 g/mol. The molecular formula is C30H38F3N3O7. The number of aromatic hydroxyl groups is 1. The summed E-state index contributed by atoms with van der Waals surface area (Å²) in [7, 11) is 2.92. The Kier molecular flexibility index (Phi) is 7.81. The molecule has 0 aromatic heterocycles. The number of Topliss-reactive ketones (excluding diaryl/α,β-unsaturated/α-hetero) is 3. The van der Waals surface area contributed by atoms with Crippen LogP contribution in [-0.2, 0) is 33.5 Å². The highest BCUT2D eigenvalue weighted by Gasteiger charge is 2.69. The summed E-state index contributed by atoms with van der Waals surface area (Å²) < 4.78 is 44.2. The van der Waals surface area contributed by atoms with Crippen molar-refractivity contribution in [2.75, 3.05) is 14.1 Å². The largest absolute Gasteiger partial charge is 0.507 e. The van der Waals surface area contributed by atoms with Crippen molar-refractivity contribution in [1.82, 2.24) is 10.2 Å². The highest BCUT2D eigenvalue weighted by atomic mass is 19.4. The molecule has 1 aromatic rings. The summed E-state index contributed by atoms with van der Waals surface area (Å²) in [4.78, 5) is 54.5. The molecule has 3 fully saturated rings. The number of nitrogens with one attached hydrogen (secondary N) is 1. The minimum absolute atomic E-state index is 0.201. The summed E-state index contributed by atoms with van der Waals surface area (Å²) in [6.45, 7) is 1.75. The molecule has 0 spiro atoms. The van der Waals surface area contributed by atoms with E-state index < -0.39 is 99.7 Å². The average Bonchev–Trinajstić information content (AvgIpc) is 2.88. The van der Waals surface area contributed by atoms with Crippen molar-refractivity contribution in [2.24, 2.45) is 29.4 Å². The van der Waals surface area contributed by atoms with E-state index in [-0.39, 0.29) is 24.1 Å². The van der Waals surface area contributed by atoms with Gasteiger partial charge in [-0.1, -0.05) is 19.3 Å². The fourth-order valence-corrected chi connectivity index (χ4v) is 8.25. The van der Waals surface area contributed by atoms with Gasteiger partial charge in [0.25, 0.3) is 0 Å². The number of alkyl halides is 3. The van der Waals surface area contributed by atoms with Gasteiger partial charge in [0.2, 0.25) is 5.91 Å². The number of nitrogens with two attached hydrogens (primary N) is 1. The van der Waals surface area contributed by atoms with E-state index in [9.17, 15) is 47.7 Å². The molecule has 7 unspecified atom stereocenters. The van der Waals surface area contributed by atoms with E-state index in [0.29, 0.717) is 0 Å². The molecule has 43 heavy (non-hydrogen) atoms. The topological polar surface area (TPSA) is 170 Å². The van der Waals surface area contributed by atoms with Crippen molar-refractivity contribution in [3.63, 3.8) is 0 Å². The highest BCUT2D eigenvalue weighted by molar-refractivity contribution is 6.18. The molecule has 3 saturated carbocycles. The van der Waals surface area contributed by atoms with Crippen LogP contribution in [0.15, 0.2) is 6.07 Å². The lowest BCUT2D eigenvalue weighted by Crippen LogP contribution is -2.75. The Labute approximate surface area is 246 Å². The van der Waals surface area contributed by atoms with Crippen molar-refractivity contribution >= 4 is 23.3 Å². The number of halogens is 3. The van der Waals surface area contributed by atoms with E-state index >= 15 is 0 Å². The summed E-state index contributed by atoms with van der Waals surface area (Å²) >= 11 is 0. The molecule has 1 amide bonds. The van der Waals surface area contributed by atoms with Crippen LogP contribution in [-0.4, -0.2) is 80.9 Å². The Morgan fingerprint density at radius 3 is 2.35 bits per heavy atom. The van der Waals surface area contributed by atoms with E-state index in [1.54, 1.807) is 0 Å². The quantitative estimate of drug-likeness (QED) is 0.311. The molecule has 0 saturated heterocycles. The normalized spacial score (nSPS) is 34.0. The maximum absolute atomic E-state index is 14.7. The third-order valence-electron chi connectivity index (χ3n) is 10.3. The van der Waals surface area contributed by atoms with Gasteiger partial charge in [-0.3, -0.25) is 24.1 Å². The number of hydrogen-bond donors (Lipinski definition) is 5. The molecule has 10 nitrogen and oxygen atoms in total. The number of fused-ring (bicyclic) bond motifs is 3. The molecule has 6 N–H and O–H groups in total. The van der Waals surface area contributed by atoms with Crippen LogP contribution >= 0.6 is 0 Å². The van der Waals surface area contributed by atoms with Crippen LogP contribution in [0.2, 0.25) is 0 Å². The van der Waals surface area contributed by atoms with E-state index in [0.717, 1.165) is 38.2 Å². The molecule has 0 bridgehead atoms. The smallest absolute Gasteiger partial charge is 0.417 e. The first-order valence-electron chi connectivity index (χ1n) is 14.6. The number of likely N-dealkylation sites (N-methyl/N-ethyl adjacent to an activating group) is 1. The number of ketones is 3. The summed E-state index contributed by atoms with van der Waals surface area (Å²) in [6.07, 6.45) is -3.35. The van der Waals surface area contributed by atoms with Gasteiger partial charge in [-0.2, -0.15) is 13.2 Å². The van der Waals surface area contributed by atoms with Crippen LogP contribution in [0, 0.1) is 23.7 Å². The zero-order valence-electron chi connectivity index (χ0n) is 24.3. The number of primary amides is 1. The monoisotopic (exact) mass is 609 g/mol. The second kappa shape index (κ2) is 10.6. The molecule has 13 heteroatoms. The Bertz CT molecular complexity index is 1370. The second-order valence-corrected chi connectivity index (χ2v) is 13.2. The molecule has 0 aliphatic heterocycles. The summed E-state index contributed by atoms with van der Waals surface area (Å²) in [5, 5.41) is 36.9. The molecule has 5 rings (SSSR count). The number of hydrogen-bond acceptors (Lipinski definition) is 9. The Morgan fingerprint density at radius 1 is 1.16 bits per heavy atom. The molecule has 7 atom stereocenters. The van der Waals surface area contributed by atoms with E-state index in [1.165, 1.54) is 19.0 Å². The highest BCUT2D eigenvalue weighted by Crippen LogP contribution is 2.53. The Balaban J connectivity index is 1.60. The number of amides is 1. The molecule has 1 aromatic carbocycles. The molecule has 0 heterocycles. The van der Waals surface area contributed by atoms with E-state index in [4.69, 9.17) is 5.73 Å². The first-order chi connectivity index (χ1) is 19.9. The van der Waals surface area contributed by atoms with E-state index in [2.05, 4.69) is 5.32 Å². The van der Waals surface area contributed by atoms with Crippen LogP contribution < -0.4 is 11.1 Å². The van der Waals surface area contributed by atoms with Crippen molar-refractivity contribution < 1.29 is 47.7 Å². The zero-order valence-corrected chi connectivity index (χ0v) is 24.3. The van der Waals surface area contributed by atoms with Crippen LogP contribution in [0.1, 0.15) is 72.5 Å². The molecule has 236 valence electrons. The van der Waals surface area contributed by atoms with Crippen molar-refractivity contribution in [3.05, 3.63) is 28.3 Å². The second-order valence-electron chi connectivity index (χ2n) is 13.2.